The zero-order chi connectivity index (χ0) is 29.5. The van der Waals surface area contributed by atoms with Crippen molar-refractivity contribution in [2.75, 3.05) is 0 Å². The van der Waals surface area contributed by atoms with Crippen molar-refractivity contribution < 1.29 is 4.42 Å². The van der Waals surface area contributed by atoms with Gasteiger partial charge in [-0.15, -0.1) is 11.3 Å². The fourth-order valence-electron chi connectivity index (χ4n) is 6.82. The van der Waals surface area contributed by atoms with E-state index in [1.165, 1.54) is 47.5 Å². The lowest BCUT2D eigenvalue weighted by atomic mass is 10.0. The summed E-state index contributed by atoms with van der Waals surface area (Å²) in [6.45, 7) is 0. The summed E-state index contributed by atoms with van der Waals surface area (Å²) >= 11 is 1.84. The van der Waals surface area contributed by atoms with Crippen LogP contribution in [0.5, 0.6) is 0 Å². The minimum Gasteiger partial charge on any atom is -0.436 e. The molecule has 4 heterocycles. The molecule has 210 valence electrons. The highest BCUT2D eigenvalue weighted by atomic mass is 32.1. The number of nitrogens with zero attached hydrogens (tertiary/aromatic N) is 3. The summed E-state index contributed by atoms with van der Waals surface area (Å²) in [4.78, 5) is 9.88. The molecule has 4 nitrogen and oxygen atoms in total. The number of furan rings is 1. The Morgan fingerprint density at radius 3 is 2.16 bits per heavy atom. The van der Waals surface area contributed by atoms with E-state index < -0.39 is 0 Å². The van der Waals surface area contributed by atoms with Crippen molar-refractivity contribution >= 4 is 75.5 Å². The summed E-state index contributed by atoms with van der Waals surface area (Å²) < 4.78 is 11.1. The quantitative estimate of drug-likeness (QED) is 0.205. The number of hydrogen-bond donors (Lipinski definition) is 0. The normalized spacial score (nSPS) is 12.0. The predicted molar refractivity (Wildman–Crippen MR) is 187 cm³/mol. The van der Waals surface area contributed by atoms with E-state index in [2.05, 4.69) is 132 Å². The molecule has 4 aromatic heterocycles. The Labute approximate surface area is 261 Å². The molecule has 6 aromatic carbocycles. The summed E-state index contributed by atoms with van der Waals surface area (Å²) in [5.74, 6) is 0. The third kappa shape index (κ3) is 3.65. The van der Waals surface area contributed by atoms with Gasteiger partial charge in [0.05, 0.1) is 22.9 Å². The maximum atomic E-state index is 6.17. The molecule has 5 heteroatoms. The summed E-state index contributed by atoms with van der Waals surface area (Å²) in [5, 5.41) is 6.04. The molecule has 0 amide bonds. The van der Waals surface area contributed by atoms with Gasteiger partial charge >= 0.3 is 0 Å². The minimum absolute atomic E-state index is 0.546. The van der Waals surface area contributed by atoms with Gasteiger partial charge in [-0.3, -0.25) is 0 Å². The molecular formula is C40H23N3OS. The molecule has 0 atom stereocenters. The molecule has 0 saturated heterocycles. The maximum Gasteiger partial charge on any atom is 0.246 e. The van der Waals surface area contributed by atoms with Gasteiger partial charge in [0.15, 0.2) is 0 Å². The molecule has 0 unspecified atom stereocenters. The van der Waals surface area contributed by atoms with Crippen LogP contribution in [-0.4, -0.2) is 14.5 Å². The van der Waals surface area contributed by atoms with E-state index in [0.717, 1.165) is 39.0 Å². The molecule has 0 saturated carbocycles. The molecule has 0 aliphatic rings. The SMILES string of the molecule is c1cc(-c2cnc3oc4ccc(-c5cccc6c5sc5ccccc56)cc4c3n2)cc(-n2c3ccccc3c3ccccc32)c1. The first-order valence-corrected chi connectivity index (χ1v) is 15.8. The number of rotatable bonds is 3. The van der Waals surface area contributed by atoms with Crippen molar-refractivity contribution in [1.82, 2.24) is 14.5 Å². The maximum absolute atomic E-state index is 6.17. The van der Waals surface area contributed by atoms with Gasteiger partial charge < -0.3 is 8.98 Å². The Morgan fingerprint density at radius 2 is 1.31 bits per heavy atom. The van der Waals surface area contributed by atoms with Crippen molar-refractivity contribution in [3.63, 3.8) is 0 Å². The number of benzene rings is 6. The second kappa shape index (κ2) is 9.36. The van der Waals surface area contributed by atoms with Crippen molar-refractivity contribution in [3.05, 3.63) is 140 Å². The van der Waals surface area contributed by atoms with Crippen LogP contribution < -0.4 is 0 Å². The van der Waals surface area contributed by atoms with Crippen LogP contribution in [0.25, 0.3) is 92.2 Å². The van der Waals surface area contributed by atoms with Gasteiger partial charge in [-0.1, -0.05) is 91.0 Å². The monoisotopic (exact) mass is 593 g/mol. The first kappa shape index (κ1) is 24.6. The van der Waals surface area contributed by atoms with Crippen LogP contribution in [0.2, 0.25) is 0 Å². The molecule has 0 bridgehead atoms. The molecule has 0 aliphatic heterocycles. The Kier molecular flexibility index (Phi) is 5.12. The van der Waals surface area contributed by atoms with Crippen molar-refractivity contribution in [2.45, 2.75) is 0 Å². The second-order valence-electron chi connectivity index (χ2n) is 11.4. The van der Waals surface area contributed by atoms with Crippen LogP contribution in [0.1, 0.15) is 0 Å². The van der Waals surface area contributed by atoms with Gasteiger partial charge in [-0.25, -0.2) is 9.97 Å². The van der Waals surface area contributed by atoms with Gasteiger partial charge in [-0.05, 0) is 53.6 Å². The standard InChI is InChI=1S/C40H23N3OS/c1-4-16-34-28(11-1)29-12-2-5-17-35(29)43(34)26-10-7-9-25(21-26)33-23-41-40-38(42-33)32-22-24(19-20-36(32)44-40)27-14-8-15-31-30-13-3-6-18-37(30)45-39(27)31/h1-23H. The highest BCUT2D eigenvalue weighted by molar-refractivity contribution is 7.26. The lowest BCUT2D eigenvalue weighted by molar-refractivity contribution is 0.653. The van der Waals surface area contributed by atoms with Crippen molar-refractivity contribution in [1.29, 1.82) is 0 Å². The van der Waals surface area contributed by atoms with Gasteiger partial charge in [0.25, 0.3) is 0 Å². The highest BCUT2D eigenvalue weighted by Crippen LogP contribution is 2.41. The molecule has 0 radical (unpaired) electrons. The van der Waals surface area contributed by atoms with E-state index in [0.29, 0.717) is 5.71 Å². The summed E-state index contributed by atoms with van der Waals surface area (Å²) in [6.07, 6.45) is 1.81. The van der Waals surface area contributed by atoms with Gasteiger partial charge in [0, 0.05) is 47.6 Å². The van der Waals surface area contributed by atoms with Crippen LogP contribution in [0, 0.1) is 0 Å². The van der Waals surface area contributed by atoms with Crippen molar-refractivity contribution in [2.24, 2.45) is 0 Å². The average molecular weight is 594 g/mol. The summed E-state index contributed by atoms with van der Waals surface area (Å²) in [6, 6.07) is 47.3. The third-order valence-corrected chi connectivity index (χ3v) is 10.1. The van der Waals surface area contributed by atoms with E-state index in [4.69, 9.17) is 14.4 Å². The number of hydrogen-bond acceptors (Lipinski definition) is 4. The molecule has 0 aliphatic carbocycles. The fraction of sp³-hybridized carbons (Fsp3) is 0. The Morgan fingerprint density at radius 1 is 0.578 bits per heavy atom. The van der Waals surface area contributed by atoms with Crippen LogP contribution >= 0.6 is 11.3 Å². The van der Waals surface area contributed by atoms with Crippen LogP contribution in [0.15, 0.2) is 144 Å². The second-order valence-corrected chi connectivity index (χ2v) is 12.5. The van der Waals surface area contributed by atoms with E-state index in [-0.39, 0.29) is 0 Å². The van der Waals surface area contributed by atoms with Crippen LogP contribution in [0.4, 0.5) is 0 Å². The molecule has 0 spiro atoms. The Hall–Kier alpha value is -5.78. The fourth-order valence-corrected chi connectivity index (χ4v) is 8.06. The van der Waals surface area contributed by atoms with E-state index >= 15 is 0 Å². The smallest absolute Gasteiger partial charge is 0.246 e. The van der Waals surface area contributed by atoms with E-state index in [9.17, 15) is 0 Å². The Balaban J connectivity index is 1.13. The number of thiophene rings is 1. The molecular weight excluding hydrogens is 571 g/mol. The average Bonchev–Trinajstić information content (AvgIpc) is 3.77. The number of aromatic nitrogens is 3. The topological polar surface area (TPSA) is 43.9 Å². The lowest BCUT2D eigenvalue weighted by Crippen LogP contribution is -1.95. The number of para-hydroxylation sites is 2. The third-order valence-electron chi connectivity index (χ3n) is 8.88. The van der Waals surface area contributed by atoms with Crippen LogP contribution in [0.3, 0.4) is 0 Å². The largest absolute Gasteiger partial charge is 0.436 e. The summed E-state index contributed by atoms with van der Waals surface area (Å²) in [7, 11) is 0. The van der Waals surface area contributed by atoms with E-state index in [1.807, 2.05) is 23.6 Å². The number of fused-ring (bicyclic) bond motifs is 9. The molecule has 45 heavy (non-hydrogen) atoms. The van der Waals surface area contributed by atoms with Crippen molar-refractivity contribution in [3.8, 4) is 28.1 Å². The lowest BCUT2D eigenvalue weighted by Gasteiger charge is -2.10. The molecule has 10 rings (SSSR count). The van der Waals surface area contributed by atoms with Crippen LogP contribution in [-0.2, 0) is 0 Å². The zero-order valence-corrected chi connectivity index (χ0v) is 24.8. The van der Waals surface area contributed by atoms with E-state index in [1.54, 1.807) is 0 Å². The van der Waals surface area contributed by atoms with Gasteiger partial charge in [0.2, 0.25) is 5.71 Å². The first-order valence-electron chi connectivity index (χ1n) is 15.0. The Bertz CT molecular complexity index is 2730. The van der Waals surface area contributed by atoms with Gasteiger partial charge in [-0.2, -0.15) is 0 Å². The van der Waals surface area contributed by atoms with Gasteiger partial charge in [0.1, 0.15) is 11.1 Å². The highest BCUT2D eigenvalue weighted by Gasteiger charge is 2.16. The minimum atomic E-state index is 0.546. The summed E-state index contributed by atoms with van der Waals surface area (Å²) in [5.41, 5.74) is 9.72. The predicted octanol–water partition coefficient (Wildman–Crippen LogP) is 11.2. The molecule has 0 N–H and O–H groups in total. The zero-order valence-electron chi connectivity index (χ0n) is 23.9. The molecule has 0 fully saturated rings. The first-order chi connectivity index (χ1) is 22.3. The molecule has 10 aromatic rings.